The molecule has 0 aromatic rings. The van der Waals surface area contributed by atoms with Crippen LogP contribution in [0, 0.1) is 0 Å². The van der Waals surface area contributed by atoms with Crippen LogP contribution in [-0.2, 0) is 9.53 Å². The van der Waals surface area contributed by atoms with Crippen LogP contribution in [0.15, 0.2) is 34.9 Å². The highest BCUT2D eigenvalue weighted by Crippen LogP contribution is 2.12. The minimum absolute atomic E-state index is 0.257. The topological polar surface area (TPSA) is 46.5 Å². The Labute approximate surface area is 123 Å². The van der Waals surface area contributed by atoms with Crippen molar-refractivity contribution in [3.63, 3.8) is 0 Å². The van der Waals surface area contributed by atoms with Crippen molar-refractivity contribution in [3.05, 3.63) is 34.9 Å². The van der Waals surface area contributed by atoms with Crippen molar-refractivity contribution in [2.75, 3.05) is 6.61 Å². The van der Waals surface area contributed by atoms with Crippen molar-refractivity contribution in [2.24, 2.45) is 0 Å². The predicted octanol–water partition coefficient (Wildman–Crippen LogP) is 3.94. The fourth-order valence-corrected chi connectivity index (χ4v) is 1.60. The largest absolute Gasteiger partial charge is 0.462 e. The van der Waals surface area contributed by atoms with Crippen LogP contribution >= 0.6 is 0 Å². The van der Waals surface area contributed by atoms with E-state index in [4.69, 9.17) is 4.74 Å². The Kier molecular flexibility index (Phi) is 9.73. The van der Waals surface area contributed by atoms with Gasteiger partial charge in [-0.25, -0.2) is 0 Å². The lowest BCUT2D eigenvalue weighted by Crippen LogP contribution is -2.06. The zero-order valence-electron chi connectivity index (χ0n) is 13.4. The van der Waals surface area contributed by atoms with Gasteiger partial charge in [0.1, 0.15) is 6.61 Å². The first-order valence-corrected chi connectivity index (χ1v) is 7.10. The van der Waals surface area contributed by atoms with Gasteiger partial charge in [0, 0.05) is 6.92 Å². The number of carbonyl (C=O) groups is 1. The summed E-state index contributed by atoms with van der Waals surface area (Å²) in [4.78, 5) is 10.6. The van der Waals surface area contributed by atoms with Gasteiger partial charge in [0.05, 0.1) is 6.10 Å². The molecule has 0 aliphatic heterocycles. The summed E-state index contributed by atoms with van der Waals surface area (Å²) in [6.07, 6.45) is 8.12. The molecule has 0 saturated heterocycles. The molecule has 3 nitrogen and oxygen atoms in total. The summed E-state index contributed by atoms with van der Waals surface area (Å²) < 4.78 is 4.86. The van der Waals surface area contributed by atoms with E-state index in [1.54, 1.807) is 0 Å². The van der Waals surface area contributed by atoms with Crippen LogP contribution in [0.4, 0.5) is 0 Å². The highest BCUT2D eigenvalue weighted by atomic mass is 16.5. The predicted molar refractivity (Wildman–Crippen MR) is 83.4 cm³/mol. The molecule has 1 unspecified atom stereocenters. The second kappa shape index (κ2) is 10.4. The number of allylic oxidation sites excluding steroid dienone is 3. The maximum absolute atomic E-state index is 10.6. The molecule has 0 radical (unpaired) electrons. The zero-order valence-corrected chi connectivity index (χ0v) is 13.4. The van der Waals surface area contributed by atoms with Crippen LogP contribution < -0.4 is 0 Å². The Morgan fingerprint density at radius 3 is 2.30 bits per heavy atom. The average Bonchev–Trinajstić information content (AvgIpc) is 2.35. The van der Waals surface area contributed by atoms with E-state index in [0.717, 1.165) is 18.4 Å². The van der Waals surface area contributed by atoms with Crippen molar-refractivity contribution in [2.45, 2.75) is 60.0 Å². The molecular formula is C17H28O3. The van der Waals surface area contributed by atoms with Gasteiger partial charge in [0.15, 0.2) is 0 Å². The average molecular weight is 280 g/mol. The molecule has 0 saturated carbocycles. The van der Waals surface area contributed by atoms with E-state index in [9.17, 15) is 9.90 Å². The van der Waals surface area contributed by atoms with Gasteiger partial charge in [-0.15, -0.1) is 0 Å². The van der Waals surface area contributed by atoms with Gasteiger partial charge in [0.25, 0.3) is 0 Å². The molecule has 3 heteroatoms. The maximum Gasteiger partial charge on any atom is 0.302 e. The molecule has 0 aromatic heterocycles. The number of ether oxygens (including phenoxy) is 1. The molecule has 0 heterocycles. The molecule has 0 aromatic carbocycles. The Morgan fingerprint density at radius 1 is 1.10 bits per heavy atom. The molecule has 0 rings (SSSR count). The molecule has 0 aliphatic carbocycles. The number of carbonyl (C=O) groups excluding carboxylic acids is 1. The third-order valence-electron chi connectivity index (χ3n) is 3.00. The fraction of sp³-hybridized carbons (Fsp3) is 0.588. The van der Waals surface area contributed by atoms with Crippen LogP contribution in [0.5, 0.6) is 0 Å². The van der Waals surface area contributed by atoms with Crippen molar-refractivity contribution >= 4 is 5.97 Å². The second-order valence-corrected chi connectivity index (χ2v) is 5.37. The van der Waals surface area contributed by atoms with Crippen molar-refractivity contribution in [1.82, 2.24) is 0 Å². The van der Waals surface area contributed by atoms with Crippen LogP contribution in [-0.4, -0.2) is 23.8 Å². The van der Waals surface area contributed by atoms with Gasteiger partial charge in [-0.3, -0.25) is 4.79 Å². The van der Waals surface area contributed by atoms with Gasteiger partial charge >= 0.3 is 5.97 Å². The molecule has 0 aliphatic rings. The van der Waals surface area contributed by atoms with Gasteiger partial charge in [-0.1, -0.05) is 23.3 Å². The summed E-state index contributed by atoms with van der Waals surface area (Å²) in [7, 11) is 0. The Morgan fingerprint density at radius 2 is 1.75 bits per heavy atom. The summed E-state index contributed by atoms with van der Waals surface area (Å²) >= 11 is 0. The van der Waals surface area contributed by atoms with Crippen LogP contribution in [0.25, 0.3) is 0 Å². The van der Waals surface area contributed by atoms with Crippen molar-refractivity contribution < 1.29 is 14.6 Å². The lowest BCUT2D eigenvalue weighted by atomic mass is 10.0. The summed E-state index contributed by atoms with van der Waals surface area (Å²) in [5.74, 6) is -0.257. The van der Waals surface area contributed by atoms with Crippen molar-refractivity contribution in [1.29, 1.82) is 0 Å². The summed E-state index contributed by atoms with van der Waals surface area (Å²) in [5, 5.41) is 9.95. The molecule has 114 valence electrons. The van der Waals surface area contributed by atoms with Crippen LogP contribution in [0.3, 0.4) is 0 Å². The van der Waals surface area contributed by atoms with Gasteiger partial charge < -0.3 is 9.84 Å². The van der Waals surface area contributed by atoms with E-state index in [0.29, 0.717) is 13.0 Å². The van der Waals surface area contributed by atoms with Gasteiger partial charge in [-0.2, -0.15) is 0 Å². The zero-order chi connectivity index (χ0) is 15.5. The summed E-state index contributed by atoms with van der Waals surface area (Å²) in [5.41, 5.74) is 3.42. The van der Waals surface area contributed by atoms with E-state index in [-0.39, 0.29) is 5.97 Å². The third kappa shape index (κ3) is 10.6. The molecule has 20 heavy (non-hydrogen) atoms. The van der Waals surface area contributed by atoms with E-state index in [1.165, 1.54) is 18.1 Å². The fourth-order valence-electron chi connectivity index (χ4n) is 1.60. The van der Waals surface area contributed by atoms with Gasteiger partial charge in [-0.05, 0) is 58.6 Å². The Balaban J connectivity index is 4.09. The maximum atomic E-state index is 10.6. The van der Waals surface area contributed by atoms with Gasteiger partial charge in [0.2, 0.25) is 0 Å². The number of hydrogen-bond donors (Lipinski definition) is 1. The standard InChI is InChI=1S/C17H28O3/c1-13(2)9-10-17(19)15(4)8-6-7-14(3)11-12-20-16(5)18/h8-9,11,17,19H,6-7,10,12H2,1-5H3/b14-11+,15-8+. The number of aliphatic hydroxyl groups is 1. The molecule has 0 spiro atoms. The highest BCUT2D eigenvalue weighted by Gasteiger charge is 2.03. The minimum atomic E-state index is -0.393. The summed E-state index contributed by atoms with van der Waals surface area (Å²) in [6, 6.07) is 0. The SMILES string of the molecule is CC(=O)OC/C=C(\C)CC/C=C(\C)C(O)CC=C(C)C. The minimum Gasteiger partial charge on any atom is -0.462 e. The lowest BCUT2D eigenvalue weighted by molar-refractivity contribution is -0.139. The third-order valence-corrected chi connectivity index (χ3v) is 3.00. The first-order valence-electron chi connectivity index (χ1n) is 7.10. The second-order valence-electron chi connectivity index (χ2n) is 5.37. The molecule has 0 fully saturated rings. The first-order chi connectivity index (χ1) is 9.32. The molecule has 1 N–H and O–H groups in total. The Bertz CT molecular complexity index is 385. The number of aliphatic hydroxyl groups excluding tert-OH is 1. The van der Waals surface area contributed by atoms with Crippen molar-refractivity contribution in [3.8, 4) is 0 Å². The molecular weight excluding hydrogens is 252 g/mol. The molecule has 1 atom stereocenters. The first kappa shape index (κ1) is 18.7. The molecule has 0 bridgehead atoms. The smallest absolute Gasteiger partial charge is 0.302 e. The number of rotatable bonds is 8. The van der Waals surface area contributed by atoms with E-state index < -0.39 is 6.10 Å². The van der Waals surface area contributed by atoms with Crippen LogP contribution in [0.1, 0.15) is 53.9 Å². The quantitative estimate of drug-likeness (QED) is 0.541. The van der Waals surface area contributed by atoms with E-state index >= 15 is 0 Å². The normalized spacial score (nSPS) is 13.9. The van der Waals surface area contributed by atoms with E-state index in [2.05, 4.69) is 6.08 Å². The summed E-state index contributed by atoms with van der Waals surface area (Å²) in [6.45, 7) is 9.79. The number of hydrogen-bond acceptors (Lipinski definition) is 3. The van der Waals surface area contributed by atoms with E-state index in [1.807, 2.05) is 39.8 Å². The molecule has 0 amide bonds. The monoisotopic (exact) mass is 280 g/mol. The number of esters is 1. The highest BCUT2D eigenvalue weighted by molar-refractivity contribution is 5.66. The van der Waals surface area contributed by atoms with Crippen LogP contribution in [0.2, 0.25) is 0 Å². The lowest BCUT2D eigenvalue weighted by Gasteiger charge is -2.09. The Hall–Kier alpha value is -1.35.